The lowest BCUT2D eigenvalue weighted by Crippen LogP contribution is -2.58. The third-order valence-electron chi connectivity index (χ3n) is 6.44. The summed E-state index contributed by atoms with van der Waals surface area (Å²) in [5.41, 5.74) is -3.36. The summed E-state index contributed by atoms with van der Waals surface area (Å²) in [5.74, 6) is -3.56. The molecule has 3 rings (SSSR count). The highest BCUT2D eigenvalue weighted by Gasteiger charge is 2.54. The number of cyclic esters (lactones) is 1. The van der Waals surface area contributed by atoms with Crippen LogP contribution in [-0.2, 0) is 19.1 Å². The Morgan fingerprint density at radius 3 is 2.58 bits per heavy atom. The van der Waals surface area contributed by atoms with E-state index in [1.807, 2.05) is 6.08 Å². The molecule has 26 heavy (non-hydrogen) atoms. The van der Waals surface area contributed by atoms with Crippen LogP contribution in [0.25, 0.3) is 0 Å². The van der Waals surface area contributed by atoms with Crippen molar-refractivity contribution in [1.29, 1.82) is 0 Å². The van der Waals surface area contributed by atoms with Crippen LogP contribution in [0.5, 0.6) is 0 Å². The van der Waals surface area contributed by atoms with Gasteiger partial charge in [0, 0.05) is 24.9 Å². The number of nitrogens with zero attached hydrogens (tertiary/aromatic N) is 1. The van der Waals surface area contributed by atoms with Crippen LogP contribution in [0, 0.1) is 11.8 Å². The summed E-state index contributed by atoms with van der Waals surface area (Å²) in [5, 5.41) is 31.2. The van der Waals surface area contributed by atoms with Crippen molar-refractivity contribution in [3.05, 3.63) is 11.6 Å². The molecule has 0 aliphatic carbocycles. The quantitative estimate of drug-likeness (QED) is 0.407. The van der Waals surface area contributed by atoms with Gasteiger partial charge in [0.1, 0.15) is 12.7 Å². The third kappa shape index (κ3) is 2.85. The van der Waals surface area contributed by atoms with Crippen molar-refractivity contribution in [1.82, 2.24) is 4.90 Å². The highest BCUT2D eigenvalue weighted by Crippen LogP contribution is 2.37. The van der Waals surface area contributed by atoms with Crippen LogP contribution < -0.4 is 0 Å². The summed E-state index contributed by atoms with van der Waals surface area (Å²) >= 11 is 0. The first-order valence-electron chi connectivity index (χ1n) is 8.99. The molecule has 6 unspecified atom stereocenters. The first kappa shape index (κ1) is 19.3. The molecule has 3 aliphatic rings. The summed E-state index contributed by atoms with van der Waals surface area (Å²) in [6.45, 7) is 4.83. The second kappa shape index (κ2) is 6.60. The van der Waals surface area contributed by atoms with Crippen molar-refractivity contribution in [3.8, 4) is 0 Å². The largest absolute Gasteiger partial charge is 0.459 e. The molecule has 2 fully saturated rings. The molecule has 6 atom stereocenters. The molecule has 0 amide bonds. The van der Waals surface area contributed by atoms with E-state index in [0.29, 0.717) is 13.0 Å². The van der Waals surface area contributed by atoms with E-state index in [1.54, 1.807) is 0 Å². The van der Waals surface area contributed by atoms with Crippen LogP contribution in [-0.4, -0.2) is 81.8 Å². The van der Waals surface area contributed by atoms with Crippen LogP contribution in [0.3, 0.4) is 0 Å². The van der Waals surface area contributed by atoms with Gasteiger partial charge >= 0.3 is 11.9 Å². The molecule has 0 bridgehead atoms. The Morgan fingerprint density at radius 1 is 1.23 bits per heavy atom. The minimum Gasteiger partial charge on any atom is -0.459 e. The van der Waals surface area contributed by atoms with Crippen molar-refractivity contribution in [2.75, 3.05) is 26.3 Å². The van der Waals surface area contributed by atoms with Crippen LogP contribution in [0.2, 0.25) is 0 Å². The maximum absolute atomic E-state index is 12.7. The molecule has 0 aromatic carbocycles. The lowest BCUT2D eigenvalue weighted by atomic mass is 9.73. The normalized spacial score (nSPS) is 44.5. The Labute approximate surface area is 152 Å². The molecule has 146 valence electrons. The number of ether oxygens (including phenoxy) is 2. The first-order valence-corrected chi connectivity index (χ1v) is 8.99. The van der Waals surface area contributed by atoms with Gasteiger partial charge in [0.25, 0.3) is 0 Å². The van der Waals surface area contributed by atoms with Gasteiger partial charge in [-0.05, 0) is 18.9 Å². The van der Waals surface area contributed by atoms with E-state index < -0.39 is 47.7 Å². The second-order valence-electron chi connectivity index (χ2n) is 7.83. The van der Waals surface area contributed by atoms with Crippen LogP contribution in [0.1, 0.15) is 27.2 Å². The summed E-state index contributed by atoms with van der Waals surface area (Å²) in [4.78, 5) is 27.3. The summed E-state index contributed by atoms with van der Waals surface area (Å²) < 4.78 is 10.9. The van der Waals surface area contributed by atoms with Gasteiger partial charge in [0.15, 0.2) is 11.2 Å². The van der Waals surface area contributed by atoms with Crippen LogP contribution in [0.4, 0.5) is 0 Å². The van der Waals surface area contributed by atoms with E-state index in [-0.39, 0.29) is 12.6 Å². The minimum atomic E-state index is -2.23. The summed E-state index contributed by atoms with van der Waals surface area (Å²) in [7, 11) is 0. The number of esters is 2. The number of carbonyl (C=O) groups is 2. The summed E-state index contributed by atoms with van der Waals surface area (Å²) in [6, 6.07) is -0.197. The number of hydrogen-bond donors (Lipinski definition) is 3. The van der Waals surface area contributed by atoms with E-state index in [2.05, 4.69) is 4.90 Å². The molecule has 0 radical (unpaired) electrons. The zero-order chi connectivity index (χ0) is 19.3. The Kier molecular flexibility index (Phi) is 4.89. The molecule has 3 heterocycles. The first-order chi connectivity index (χ1) is 12.1. The molecule has 0 saturated carbocycles. The number of aliphatic hydroxyl groups excluding tert-OH is 1. The van der Waals surface area contributed by atoms with Gasteiger partial charge in [0.05, 0.1) is 12.6 Å². The number of carbonyl (C=O) groups excluding carboxylic acids is 2. The number of hydrogen-bond acceptors (Lipinski definition) is 8. The van der Waals surface area contributed by atoms with Gasteiger partial charge in [-0.2, -0.15) is 0 Å². The molecule has 0 aromatic heterocycles. The van der Waals surface area contributed by atoms with Crippen LogP contribution >= 0.6 is 0 Å². The molecular formula is C18H27NO7. The fourth-order valence-electron chi connectivity index (χ4n) is 4.14. The van der Waals surface area contributed by atoms with Gasteiger partial charge in [-0.1, -0.05) is 19.9 Å². The lowest BCUT2D eigenvalue weighted by molar-refractivity contribution is -0.195. The fraction of sp³-hybridized carbons (Fsp3) is 0.778. The molecule has 0 aromatic rings. The minimum absolute atomic E-state index is 0.0339. The maximum atomic E-state index is 12.7. The molecule has 8 heteroatoms. The maximum Gasteiger partial charge on any atom is 0.341 e. The van der Waals surface area contributed by atoms with Crippen molar-refractivity contribution in [2.45, 2.75) is 50.5 Å². The molecule has 8 nitrogen and oxygen atoms in total. The molecular weight excluding hydrogens is 342 g/mol. The van der Waals surface area contributed by atoms with E-state index in [4.69, 9.17) is 9.47 Å². The van der Waals surface area contributed by atoms with Crippen molar-refractivity contribution in [3.63, 3.8) is 0 Å². The van der Waals surface area contributed by atoms with Crippen molar-refractivity contribution < 1.29 is 34.4 Å². The number of rotatable bonds is 1. The Balaban J connectivity index is 1.98. The van der Waals surface area contributed by atoms with Crippen LogP contribution in [0.15, 0.2) is 11.6 Å². The molecule has 3 aliphatic heterocycles. The molecule has 2 saturated heterocycles. The predicted molar refractivity (Wildman–Crippen MR) is 89.9 cm³/mol. The molecule has 0 spiro atoms. The topological polar surface area (TPSA) is 117 Å². The highest BCUT2D eigenvalue weighted by atomic mass is 16.6. The van der Waals surface area contributed by atoms with E-state index >= 15 is 0 Å². The zero-order valence-corrected chi connectivity index (χ0v) is 15.3. The Hall–Kier alpha value is -1.48. The SMILES string of the molecule is CC1C(C)C(O)(CO)C(=O)OCC2=CCN3CCC(OC(=O)C1(C)O)C23. The standard InChI is InChI=1S/C18H27NO7/c1-10-11(2)18(24,9-20)16(22)25-8-12-4-6-19-7-5-13(14(12)19)26-15(21)17(10,3)23/h4,10-11,13-14,20,23-24H,5-9H2,1-3H3. The second-order valence-corrected chi connectivity index (χ2v) is 7.83. The van der Waals surface area contributed by atoms with Gasteiger partial charge in [-0.25, -0.2) is 9.59 Å². The van der Waals surface area contributed by atoms with Crippen molar-refractivity contribution in [2.24, 2.45) is 11.8 Å². The van der Waals surface area contributed by atoms with E-state index in [9.17, 15) is 24.9 Å². The zero-order valence-electron chi connectivity index (χ0n) is 15.3. The Morgan fingerprint density at radius 2 is 1.92 bits per heavy atom. The number of aliphatic hydroxyl groups is 3. The Bertz CT molecular complexity index is 631. The average molecular weight is 369 g/mol. The third-order valence-corrected chi connectivity index (χ3v) is 6.44. The average Bonchev–Trinajstić information content (AvgIpc) is 3.19. The van der Waals surface area contributed by atoms with Gasteiger partial charge in [-0.3, -0.25) is 4.90 Å². The molecule has 3 N–H and O–H groups in total. The van der Waals surface area contributed by atoms with E-state index in [0.717, 1.165) is 12.1 Å². The van der Waals surface area contributed by atoms with E-state index in [1.165, 1.54) is 20.8 Å². The van der Waals surface area contributed by atoms with Gasteiger partial charge in [0.2, 0.25) is 0 Å². The monoisotopic (exact) mass is 369 g/mol. The fourth-order valence-corrected chi connectivity index (χ4v) is 4.14. The van der Waals surface area contributed by atoms with Gasteiger partial charge < -0.3 is 24.8 Å². The van der Waals surface area contributed by atoms with Crippen molar-refractivity contribution >= 4 is 11.9 Å². The smallest absolute Gasteiger partial charge is 0.341 e. The highest BCUT2D eigenvalue weighted by molar-refractivity contribution is 5.82. The van der Waals surface area contributed by atoms with Gasteiger partial charge in [-0.15, -0.1) is 0 Å². The summed E-state index contributed by atoms with van der Waals surface area (Å²) in [6.07, 6.45) is 2.15. The lowest BCUT2D eigenvalue weighted by Gasteiger charge is -2.40. The predicted octanol–water partition coefficient (Wildman–Crippen LogP) is -0.784.